The third-order valence-electron chi connectivity index (χ3n) is 8.15. The molecule has 5 rings (SSSR count). The van der Waals surface area contributed by atoms with Crippen molar-refractivity contribution in [2.24, 2.45) is 0 Å². The maximum Gasteiger partial charge on any atom is 0.120 e. The van der Waals surface area contributed by atoms with Crippen molar-refractivity contribution in [2.75, 3.05) is 20.2 Å². The van der Waals surface area contributed by atoms with Gasteiger partial charge in [0.05, 0.1) is 12.6 Å². The zero-order valence-electron chi connectivity index (χ0n) is 21.1. The quantitative estimate of drug-likeness (QED) is 0.293. The number of hydrogen-bond donors (Lipinski definition) is 0. The molecular weight excluding hydrogens is 416 g/mol. The zero-order valence-corrected chi connectivity index (χ0v) is 21.1. The molecule has 1 saturated heterocycles. The Hall–Kier alpha value is -2.52. The fourth-order valence-corrected chi connectivity index (χ4v) is 6.07. The maximum atomic E-state index is 5.56. The molecule has 0 saturated carbocycles. The Morgan fingerprint density at radius 3 is 2.56 bits per heavy atom. The van der Waals surface area contributed by atoms with Crippen molar-refractivity contribution < 1.29 is 4.74 Å². The van der Waals surface area contributed by atoms with Crippen LogP contribution in [-0.4, -0.2) is 29.7 Å². The fraction of sp³-hybridized carbons (Fsp3) is 0.484. The number of aromatic nitrogens is 1. The van der Waals surface area contributed by atoms with Crippen LogP contribution in [0.15, 0.2) is 54.7 Å². The van der Waals surface area contributed by atoms with E-state index in [-0.39, 0.29) is 5.41 Å². The van der Waals surface area contributed by atoms with Crippen LogP contribution in [0.5, 0.6) is 5.75 Å². The summed E-state index contributed by atoms with van der Waals surface area (Å²) in [6.07, 6.45) is 17.7. The average molecular weight is 457 g/mol. The summed E-state index contributed by atoms with van der Waals surface area (Å²) in [6, 6.07) is 15.6. The molecule has 3 nitrogen and oxygen atoms in total. The average Bonchev–Trinajstić information content (AvgIpc) is 3.41. The molecule has 2 aliphatic rings. The van der Waals surface area contributed by atoms with E-state index >= 15 is 0 Å². The predicted molar refractivity (Wildman–Crippen MR) is 144 cm³/mol. The first-order valence-corrected chi connectivity index (χ1v) is 13.4. The summed E-state index contributed by atoms with van der Waals surface area (Å²) in [4.78, 5) is 2.66. The number of piperidine rings is 1. The third-order valence-corrected chi connectivity index (χ3v) is 8.15. The Bertz CT molecular complexity index is 1130. The van der Waals surface area contributed by atoms with E-state index < -0.39 is 0 Å². The largest absolute Gasteiger partial charge is 0.497 e. The van der Waals surface area contributed by atoms with E-state index in [0.29, 0.717) is 0 Å². The summed E-state index contributed by atoms with van der Waals surface area (Å²) >= 11 is 0. The molecule has 0 unspecified atom stereocenters. The van der Waals surface area contributed by atoms with E-state index in [4.69, 9.17) is 4.74 Å². The first-order chi connectivity index (χ1) is 16.7. The minimum atomic E-state index is 0.256. The Balaban J connectivity index is 1.27. The van der Waals surface area contributed by atoms with Crippen LogP contribution in [0, 0.1) is 0 Å². The highest BCUT2D eigenvalue weighted by Crippen LogP contribution is 2.44. The van der Waals surface area contributed by atoms with Crippen LogP contribution in [0.4, 0.5) is 0 Å². The highest BCUT2D eigenvalue weighted by molar-refractivity contribution is 5.85. The number of hydrogen-bond acceptors (Lipinski definition) is 2. The molecule has 2 heterocycles. The third kappa shape index (κ3) is 4.68. The van der Waals surface area contributed by atoms with E-state index in [0.717, 1.165) is 31.9 Å². The van der Waals surface area contributed by atoms with Crippen LogP contribution in [0.1, 0.15) is 75.0 Å². The smallest absolute Gasteiger partial charge is 0.120 e. The van der Waals surface area contributed by atoms with Gasteiger partial charge < -0.3 is 9.30 Å². The summed E-state index contributed by atoms with van der Waals surface area (Å²) < 4.78 is 8.04. The lowest BCUT2D eigenvalue weighted by atomic mass is 9.74. The van der Waals surface area contributed by atoms with Crippen molar-refractivity contribution in [3.8, 4) is 5.75 Å². The van der Waals surface area contributed by atoms with Gasteiger partial charge in [0.15, 0.2) is 0 Å². The van der Waals surface area contributed by atoms with Crippen molar-refractivity contribution in [3.05, 3.63) is 71.4 Å². The first kappa shape index (κ1) is 23.2. The number of allylic oxidation sites excluding steroid dienone is 1. The number of nitrogens with zero attached hydrogens (tertiary/aromatic N) is 2. The van der Waals surface area contributed by atoms with Gasteiger partial charge >= 0.3 is 0 Å². The molecule has 2 aromatic carbocycles. The minimum Gasteiger partial charge on any atom is -0.497 e. The molecule has 180 valence electrons. The monoisotopic (exact) mass is 456 g/mol. The highest BCUT2D eigenvalue weighted by atomic mass is 16.5. The van der Waals surface area contributed by atoms with Gasteiger partial charge in [0.25, 0.3) is 0 Å². The molecule has 1 spiro atoms. The topological polar surface area (TPSA) is 17.4 Å². The van der Waals surface area contributed by atoms with Crippen molar-refractivity contribution >= 4 is 17.0 Å². The molecular formula is C31H40N2O. The Morgan fingerprint density at radius 2 is 1.74 bits per heavy atom. The molecule has 3 aromatic rings. The molecule has 1 aliphatic carbocycles. The van der Waals surface area contributed by atoms with Gasteiger partial charge in [-0.3, -0.25) is 4.90 Å². The van der Waals surface area contributed by atoms with Crippen molar-refractivity contribution in [1.29, 1.82) is 0 Å². The van der Waals surface area contributed by atoms with Crippen LogP contribution in [-0.2, 0) is 18.5 Å². The Morgan fingerprint density at radius 1 is 0.941 bits per heavy atom. The fourth-order valence-electron chi connectivity index (χ4n) is 6.07. The number of aryl methyl sites for hydroxylation is 1. The summed E-state index contributed by atoms with van der Waals surface area (Å²) in [6.45, 7) is 6.72. The lowest BCUT2D eigenvalue weighted by Crippen LogP contribution is -2.40. The normalized spacial score (nSPS) is 17.0. The van der Waals surface area contributed by atoms with E-state index in [9.17, 15) is 0 Å². The lowest BCUT2D eigenvalue weighted by Gasteiger charge is -2.39. The second-order valence-electron chi connectivity index (χ2n) is 10.4. The van der Waals surface area contributed by atoms with Crippen LogP contribution < -0.4 is 4.74 Å². The van der Waals surface area contributed by atoms with Crippen molar-refractivity contribution in [2.45, 2.75) is 76.8 Å². The molecule has 0 radical (unpaired) electrons. The highest BCUT2D eigenvalue weighted by Gasteiger charge is 2.37. The molecule has 0 amide bonds. The number of unbranched alkanes of at least 4 members (excludes halogenated alkanes) is 5. The van der Waals surface area contributed by atoms with E-state index in [1.807, 2.05) is 0 Å². The van der Waals surface area contributed by atoms with Gasteiger partial charge in [-0.15, -0.1) is 0 Å². The van der Waals surface area contributed by atoms with E-state index in [1.54, 1.807) is 7.11 Å². The number of ether oxygens (including phenoxy) is 1. The second-order valence-corrected chi connectivity index (χ2v) is 10.4. The van der Waals surface area contributed by atoms with Crippen LogP contribution >= 0.6 is 0 Å². The maximum absolute atomic E-state index is 5.56. The molecule has 0 N–H and O–H groups in total. The summed E-state index contributed by atoms with van der Waals surface area (Å²) in [7, 11) is 1.77. The SMILES string of the molecule is CCCCCCCCn1cc(CN2CCC3(C=Cc4ccccc43)CC2)c2ccc(OC)cc21. The summed E-state index contributed by atoms with van der Waals surface area (Å²) in [5.74, 6) is 0.952. The molecule has 0 bridgehead atoms. The van der Waals surface area contributed by atoms with Crippen LogP contribution in [0.2, 0.25) is 0 Å². The molecule has 1 aromatic heterocycles. The van der Waals surface area contributed by atoms with Gasteiger partial charge in [-0.2, -0.15) is 0 Å². The lowest BCUT2D eigenvalue weighted by molar-refractivity contribution is 0.178. The zero-order chi connectivity index (χ0) is 23.4. The van der Waals surface area contributed by atoms with Crippen LogP contribution in [0.3, 0.4) is 0 Å². The molecule has 1 fully saturated rings. The van der Waals surface area contributed by atoms with Crippen molar-refractivity contribution in [3.63, 3.8) is 0 Å². The number of likely N-dealkylation sites (tertiary alicyclic amines) is 1. The Kier molecular flexibility index (Phi) is 7.10. The van der Waals surface area contributed by atoms with Gasteiger partial charge in [-0.1, -0.05) is 75.4 Å². The number of methoxy groups -OCH3 is 1. The number of benzene rings is 2. The van der Waals surface area contributed by atoms with Gasteiger partial charge in [-0.25, -0.2) is 0 Å². The van der Waals surface area contributed by atoms with Crippen molar-refractivity contribution in [1.82, 2.24) is 9.47 Å². The van der Waals surface area contributed by atoms with Crippen LogP contribution in [0.25, 0.3) is 17.0 Å². The van der Waals surface area contributed by atoms with Gasteiger partial charge in [0.2, 0.25) is 0 Å². The molecule has 3 heteroatoms. The Labute approximate surface area is 205 Å². The number of fused-ring (bicyclic) bond motifs is 3. The first-order valence-electron chi connectivity index (χ1n) is 13.4. The number of rotatable bonds is 10. The summed E-state index contributed by atoms with van der Waals surface area (Å²) in [5.41, 5.74) is 6.00. The van der Waals surface area contributed by atoms with E-state index in [2.05, 4.69) is 77.2 Å². The van der Waals surface area contributed by atoms with E-state index in [1.165, 1.54) is 79.0 Å². The summed E-state index contributed by atoms with van der Waals surface area (Å²) in [5, 5.41) is 1.39. The second kappa shape index (κ2) is 10.4. The standard InChI is InChI=1S/C31H40N2O/c1-3-4-5-6-7-10-19-33-24-26(28-14-13-27(34-2)22-30(28)33)23-32-20-17-31(18-21-32)16-15-25-11-8-9-12-29(25)31/h8-9,11-16,22,24H,3-7,10,17-21,23H2,1-2H3. The van der Waals surface area contributed by atoms with Gasteiger partial charge in [0.1, 0.15) is 5.75 Å². The van der Waals surface area contributed by atoms with Gasteiger partial charge in [-0.05, 0) is 61.2 Å². The minimum absolute atomic E-state index is 0.256. The molecule has 34 heavy (non-hydrogen) atoms. The molecule has 0 atom stereocenters. The molecule has 1 aliphatic heterocycles. The predicted octanol–water partition coefficient (Wildman–Crippen LogP) is 7.57. The van der Waals surface area contributed by atoms with Gasteiger partial charge in [0, 0.05) is 36.2 Å².